The highest BCUT2D eigenvalue weighted by atomic mass is 35.5. The molecule has 1 amide bonds. The van der Waals surface area contributed by atoms with Gasteiger partial charge in [0, 0.05) is 59.2 Å². The molecule has 3 aromatic rings. The fourth-order valence-electron chi connectivity index (χ4n) is 3.36. The van der Waals surface area contributed by atoms with Gasteiger partial charge in [0.2, 0.25) is 5.88 Å². The Morgan fingerprint density at radius 3 is 2.47 bits per heavy atom. The highest BCUT2D eigenvalue weighted by Gasteiger charge is 2.23. The smallest absolute Gasteiger partial charge is 0.302 e. The molecule has 0 atom stereocenters. The van der Waals surface area contributed by atoms with Gasteiger partial charge in [-0.1, -0.05) is 41.4 Å². The number of hydrogen-bond donors (Lipinski definition) is 1. The van der Waals surface area contributed by atoms with Crippen LogP contribution in [-0.2, 0) is 0 Å². The minimum Gasteiger partial charge on any atom is -0.479 e. The molecule has 4 rings (SSSR count). The summed E-state index contributed by atoms with van der Waals surface area (Å²) in [6, 6.07) is 15.2. The Labute approximate surface area is 189 Å². The number of para-hydroxylation sites is 1. The van der Waals surface area contributed by atoms with Gasteiger partial charge in [0.25, 0.3) is 0 Å². The molecule has 0 bridgehead atoms. The maximum Gasteiger partial charge on any atom is 0.302 e. The summed E-state index contributed by atoms with van der Waals surface area (Å²) < 4.78 is 8.47. The van der Waals surface area contributed by atoms with Crippen LogP contribution in [0.1, 0.15) is 0 Å². The molecule has 1 aliphatic rings. The molecule has 2 heterocycles. The highest BCUT2D eigenvalue weighted by Crippen LogP contribution is 2.30. The lowest BCUT2D eigenvalue weighted by molar-refractivity contribution is 0.219. The average molecular weight is 463 g/mol. The minimum atomic E-state index is -0.0472. The third-order valence-corrected chi connectivity index (χ3v) is 6.07. The summed E-state index contributed by atoms with van der Waals surface area (Å²) in [5.41, 5.74) is 2.48. The number of nitrogens with one attached hydrogen (secondary N) is 1. The van der Waals surface area contributed by atoms with Crippen LogP contribution in [0.15, 0.2) is 48.5 Å². The van der Waals surface area contributed by atoms with E-state index >= 15 is 0 Å². The van der Waals surface area contributed by atoms with E-state index in [9.17, 15) is 4.79 Å². The van der Waals surface area contributed by atoms with Crippen LogP contribution in [0.4, 0.5) is 16.2 Å². The summed E-state index contributed by atoms with van der Waals surface area (Å²) in [7, 11) is 1.57. The van der Waals surface area contributed by atoms with Crippen LogP contribution in [0.3, 0.4) is 0 Å². The van der Waals surface area contributed by atoms with E-state index in [1.54, 1.807) is 13.2 Å². The zero-order chi connectivity index (χ0) is 21.1. The van der Waals surface area contributed by atoms with Crippen molar-refractivity contribution in [1.29, 1.82) is 0 Å². The first-order valence-electron chi connectivity index (χ1n) is 9.40. The van der Waals surface area contributed by atoms with Crippen molar-refractivity contribution < 1.29 is 9.53 Å². The molecule has 0 saturated carbocycles. The molecule has 0 unspecified atom stereocenters. The second-order valence-electron chi connectivity index (χ2n) is 6.81. The number of amides is 1. The van der Waals surface area contributed by atoms with E-state index in [0.717, 1.165) is 28.5 Å². The van der Waals surface area contributed by atoms with Crippen LogP contribution in [0.25, 0.3) is 10.9 Å². The molecule has 1 N–H and O–H groups in total. The Hall–Kier alpha value is -2.35. The Morgan fingerprint density at radius 2 is 1.77 bits per heavy atom. The molecule has 1 fully saturated rings. The fourth-order valence-corrected chi connectivity index (χ4v) is 4.53. The number of carbonyl (C=O) groups is 1. The maximum atomic E-state index is 12.7. The Morgan fingerprint density at radius 1 is 1.07 bits per heavy atom. The van der Waals surface area contributed by atoms with E-state index in [2.05, 4.69) is 14.6 Å². The molecule has 0 aliphatic carbocycles. The molecular formula is C21H20Cl2N4O2S. The Balaban J connectivity index is 1.37. The average Bonchev–Trinajstić information content (AvgIpc) is 2.76. The number of fused-ring (bicyclic) bond motifs is 1. The van der Waals surface area contributed by atoms with Crippen LogP contribution in [0, 0.1) is 0 Å². The van der Waals surface area contributed by atoms with E-state index < -0.39 is 0 Å². The second-order valence-corrected chi connectivity index (χ2v) is 8.44. The molecule has 1 aromatic heterocycles. The van der Waals surface area contributed by atoms with E-state index in [0.29, 0.717) is 47.8 Å². The molecule has 0 spiro atoms. The number of anilines is 2. The number of nitrogens with zero attached hydrogens (tertiary/aromatic N) is 3. The van der Waals surface area contributed by atoms with Gasteiger partial charge in [0.1, 0.15) is 5.69 Å². The van der Waals surface area contributed by atoms with Crippen molar-refractivity contribution in [2.24, 2.45) is 0 Å². The molecule has 2 aromatic carbocycles. The van der Waals surface area contributed by atoms with Crippen molar-refractivity contribution in [1.82, 2.24) is 9.88 Å². The van der Waals surface area contributed by atoms with Gasteiger partial charge >= 0.3 is 5.24 Å². The lowest BCUT2D eigenvalue weighted by Gasteiger charge is -2.36. The monoisotopic (exact) mass is 462 g/mol. The number of methoxy groups -OCH3 is 1. The lowest BCUT2D eigenvalue weighted by atomic mass is 10.2. The quantitative estimate of drug-likeness (QED) is 0.512. The van der Waals surface area contributed by atoms with Crippen LogP contribution in [0.5, 0.6) is 5.88 Å². The maximum absolute atomic E-state index is 12.7. The number of ether oxygens (including phenoxy) is 1. The first-order valence-corrected chi connectivity index (χ1v) is 11.0. The Kier molecular flexibility index (Phi) is 6.41. The number of carbonyl (C=O) groups excluding carboxylic acids is 1. The van der Waals surface area contributed by atoms with Crippen LogP contribution >= 0.6 is 35.1 Å². The zero-order valence-corrected chi connectivity index (χ0v) is 18.6. The number of pyridine rings is 1. The number of piperazine rings is 1. The first kappa shape index (κ1) is 20.9. The van der Waals surface area contributed by atoms with Gasteiger partial charge in [-0.3, -0.25) is 4.79 Å². The van der Waals surface area contributed by atoms with Gasteiger partial charge < -0.3 is 19.3 Å². The normalized spacial score (nSPS) is 14.1. The standard InChI is InChI=1S/C21H20Cl2N4O2S/c1-29-20-19(10-14-4-2-3-5-18(14)24-20)25-30-21(28)27-8-6-26(7-9-27)17-12-15(22)11-16(23)13-17/h2-5,10-13,25H,6-9H2,1H3. The topological polar surface area (TPSA) is 57.7 Å². The van der Waals surface area contributed by atoms with E-state index in [1.807, 2.05) is 47.4 Å². The van der Waals surface area contributed by atoms with Crippen LogP contribution in [0.2, 0.25) is 10.0 Å². The molecule has 1 saturated heterocycles. The van der Waals surface area contributed by atoms with Crippen molar-refractivity contribution in [3.8, 4) is 5.88 Å². The first-order chi connectivity index (χ1) is 14.5. The van der Waals surface area contributed by atoms with E-state index in [1.165, 1.54) is 0 Å². The van der Waals surface area contributed by atoms with Gasteiger partial charge in [0.15, 0.2) is 0 Å². The molecular weight excluding hydrogens is 443 g/mol. The summed E-state index contributed by atoms with van der Waals surface area (Å²) in [5, 5.41) is 2.14. The summed E-state index contributed by atoms with van der Waals surface area (Å²) in [6.07, 6.45) is 0. The fraction of sp³-hybridized carbons (Fsp3) is 0.238. The van der Waals surface area contributed by atoms with Crippen molar-refractivity contribution in [2.45, 2.75) is 0 Å². The molecule has 1 aliphatic heterocycles. The Bertz CT molecular complexity index is 1050. The predicted octanol–water partition coefficient (Wildman–Crippen LogP) is 5.55. The number of aromatic nitrogens is 1. The molecule has 30 heavy (non-hydrogen) atoms. The van der Waals surface area contributed by atoms with Crippen LogP contribution < -0.4 is 14.4 Å². The van der Waals surface area contributed by atoms with Crippen LogP contribution in [-0.4, -0.2) is 48.4 Å². The third kappa shape index (κ3) is 4.69. The van der Waals surface area contributed by atoms with Crippen molar-refractivity contribution >= 4 is 62.7 Å². The van der Waals surface area contributed by atoms with Gasteiger partial charge in [-0.15, -0.1) is 0 Å². The van der Waals surface area contributed by atoms with Gasteiger partial charge in [-0.2, -0.15) is 0 Å². The predicted molar refractivity (Wildman–Crippen MR) is 125 cm³/mol. The number of halogens is 2. The van der Waals surface area contributed by atoms with Crippen molar-refractivity contribution in [3.05, 3.63) is 58.6 Å². The third-order valence-electron chi connectivity index (χ3n) is 4.88. The largest absolute Gasteiger partial charge is 0.479 e. The minimum absolute atomic E-state index is 0.0472. The summed E-state index contributed by atoms with van der Waals surface area (Å²) in [6.45, 7) is 2.66. The van der Waals surface area contributed by atoms with Gasteiger partial charge in [0.05, 0.1) is 12.6 Å². The zero-order valence-electron chi connectivity index (χ0n) is 16.3. The van der Waals surface area contributed by atoms with E-state index in [-0.39, 0.29) is 5.24 Å². The molecule has 0 radical (unpaired) electrons. The summed E-state index contributed by atoms with van der Waals surface area (Å²) in [4.78, 5) is 21.2. The highest BCUT2D eigenvalue weighted by molar-refractivity contribution is 8.14. The molecule has 6 nitrogen and oxygen atoms in total. The number of benzene rings is 2. The molecule has 156 valence electrons. The van der Waals surface area contributed by atoms with Crippen molar-refractivity contribution in [3.63, 3.8) is 0 Å². The summed E-state index contributed by atoms with van der Waals surface area (Å²) >= 11 is 13.2. The second kappa shape index (κ2) is 9.20. The molecule has 9 heteroatoms. The van der Waals surface area contributed by atoms with Gasteiger partial charge in [-0.25, -0.2) is 4.98 Å². The van der Waals surface area contributed by atoms with Gasteiger partial charge in [-0.05, 0) is 30.3 Å². The lowest BCUT2D eigenvalue weighted by Crippen LogP contribution is -2.47. The number of hydrogen-bond acceptors (Lipinski definition) is 6. The SMILES string of the molecule is COc1nc2ccccc2cc1NSC(=O)N1CCN(c2cc(Cl)cc(Cl)c2)CC1. The van der Waals surface area contributed by atoms with E-state index in [4.69, 9.17) is 27.9 Å². The summed E-state index contributed by atoms with van der Waals surface area (Å²) in [5.74, 6) is 0.455. The van der Waals surface area contributed by atoms with Crippen molar-refractivity contribution in [2.75, 3.05) is 42.9 Å². The number of rotatable bonds is 4.